The van der Waals surface area contributed by atoms with Crippen molar-refractivity contribution in [2.45, 2.75) is 19.8 Å². The average molecular weight is 369 g/mol. The lowest BCUT2D eigenvalue weighted by Crippen LogP contribution is -2.28. The third-order valence-corrected chi connectivity index (χ3v) is 4.13. The van der Waals surface area contributed by atoms with Gasteiger partial charge in [-0.25, -0.2) is 0 Å². The van der Waals surface area contributed by atoms with Crippen molar-refractivity contribution in [3.63, 3.8) is 0 Å². The molecule has 0 atom stereocenters. The molecule has 0 aromatic heterocycles. The second kappa shape index (κ2) is 9.07. The first-order valence-electron chi connectivity index (χ1n) is 9.01. The highest BCUT2D eigenvalue weighted by molar-refractivity contribution is 5.98. The third-order valence-electron chi connectivity index (χ3n) is 4.13. The van der Waals surface area contributed by atoms with Crippen molar-refractivity contribution < 1.29 is 23.8 Å². The molecule has 0 saturated heterocycles. The van der Waals surface area contributed by atoms with Crippen LogP contribution in [0.1, 0.15) is 28.8 Å². The van der Waals surface area contributed by atoms with E-state index in [9.17, 15) is 9.59 Å². The van der Waals surface area contributed by atoms with Crippen molar-refractivity contribution >= 4 is 11.7 Å². The average Bonchev–Trinajstić information content (AvgIpc) is 2.69. The van der Waals surface area contributed by atoms with Gasteiger partial charge < -0.3 is 19.5 Å². The molecule has 0 bridgehead atoms. The molecule has 142 valence electrons. The Balaban J connectivity index is 1.38. The van der Waals surface area contributed by atoms with Gasteiger partial charge in [0.05, 0.1) is 6.54 Å². The van der Waals surface area contributed by atoms with Crippen LogP contribution in [0.3, 0.4) is 0 Å². The van der Waals surface area contributed by atoms with E-state index in [1.807, 2.05) is 31.2 Å². The normalized spacial score (nSPS) is 12.3. The summed E-state index contributed by atoms with van der Waals surface area (Å²) in [5, 5.41) is 2.76. The zero-order valence-electron chi connectivity index (χ0n) is 15.3. The standard InChI is InChI=1S/C21H23NO5/c1-15-3-2-4-17(13-15)25-10-9-22-21(24)8-6-18(23)16-5-7-19-20(14-16)27-12-11-26-19/h2-5,7,13-14H,6,8-12H2,1H3,(H,22,24). The number of Topliss-reactive ketones (excluding diaryl/α,β-unsaturated/α-hetero) is 1. The molecule has 0 radical (unpaired) electrons. The minimum Gasteiger partial charge on any atom is -0.492 e. The maximum atomic E-state index is 12.3. The molecule has 1 aliphatic heterocycles. The van der Waals surface area contributed by atoms with Crippen LogP contribution in [0.25, 0.3) is 0 Å². The van der Waals surface area contributed by atoms with Gasteiger partial charge in [0.15, 0.2) is 17.3 Å². The number of ketones is 1. The Hall–Kier alpha value is -3.02. The topological polar surface area (TPSA) is 73.9 Å². The number of nitrogens with one attached hydrogen (secondary N) is 1. The quantitative estimate of drug-likeness (QED) is 0.572. The van der Waals surface area contributed by atoms with Crippen molar-refractivity contribution in [1.29, 1.82) is 0 Å². The van der Waals surface area contributed by atoms with Crippen LogP contribution in [0.2, 0.25) is 0 Å². The summed E-state index contributed by atoms with van der Waals surface area (Å²) < 4.78 is 16.5. The summed E-state index contributed by atoms with van der Waals surface area (Å²) in [6, 6.07) is 12.8. The zero-order valence-corrected chi connectivity index (χ0v) is 15.3. The lowest BCUT2D eigenvalue weighted by Gasteiger charge is -2.18. The van der Waals surface area contributed by atoms with Gasteiger partial charge >= 0.3 is 0 Å². The van der Waals surface area contributed by atoms with Crippen LogP contribution in [-0.2, 0) is 4.79 Å². The van der Waals surface area contributed by atoms with Crippen LogP contribution in [0.15, 0.2) is 42.5 Å². The monoisotopic (exact) mass is 369 g/mol. The number of hydrogen-bond donors (Lipinski definition) is 1. The lowest BCUT2D eigenvalue weighted by molar-refractivity contribution is -0.121. The second-order valence-electron chi connectivity index (χ2n) is 6.30. The van der Waals surface area contributed by atoms with E-state index in [4.69, 9.17) is 14.2 Å². The van der Waals surface area contributed by atoms with E-state index in [0.29, 0.717) is 43.4 Å². The van der Waals surface area contributed by atoms with Crippen molar-refractivity contribution in [2.75, 3.05) is 26.4 Å². The highest BCUT2D eigenvalue weighted by atomic mass is 16.6. The van der Waals surface area contributed by atoms with Gasteiger partial charge in [0.1, 0.15) is 25.6 Å². The molecule has 2 aromatic rings. The Bertz CT molecular complexity index is 818. The van der Waals surface area contributed by atoms with Crippen LogP contribution >= 0.6 is 0 Å². The summed E-state index contributed by atoms with van der Waals surface area (Å²) >= 11 is 0. The fourth-order valence-electron chi connectivity index (χ4n) is 2.74. The minimum atomic E-state index is -0.172. The van der Waals surface area contributed by atoms with Crippen molar-refractivity contribution in [3.8, 4) is 17.2 Å². The van der Waals surface area contributed by atoms with E-state index in [1.54, 1.807) is 18.2 Å². The summed E-state index contributed by atoms with van der Waals surface area (Å²) in [5.74, 6) is 1.72. The number of amides is 1. The first-order chi connectivity index (χ1) is 13.1. The van der Waals surface area contributed by atoms with E-state index in [1.165, 1.54) is 0 Å². The van der Waals surface area contributed by atoms with E-state index < -0.39 is 0 Å². The number of fused-ring (bicyclic) bond motifs is 1. The maximum absolute atomic E-state index is 12.3. The Morgan fingerprint density at radius 2 is 1.85 bits per heavy atom. The van der Waals surface area contributed by atoms with Crippen LogP contribution < -0.4 is 19.5 Å². The smallest absolute Gasteiger partial charge is 0.220 e. The number of rotatable bonds is 8. The highest BCUT2D eigenvalue weighted by Crippen LogP contribution is 2.31. The van der Waals surface area contributed by atoms with Gasteiger partial charge in [-0.1, -0.05) is 12.1 Å². The lowest BCUT2D eigenvalue weighted by atomic mass is 10.1. The number of benzene rings is 2. The van der Waals surface area contributed by atoms with E-state index in [2.05, 4.69) is 5.32 Å². The molecule has 6 heteroatoms. The van der Waals surface area contributed by atoms with Gasteiger partial charge in [-0.15, -0.1) is 0 Å². The van der Waals surface area contributed by atoms with E-state index in [-0.39, 0.29) is 24.5 Å². The number of carbonyl (C=O) groups excluding carboxylic acids is 2. The molecule has 0 unspecified atom stereocenters. The van der Waals surface area contributed by atoms with Crippen LogP contribution in [0.5, 0.6) is 17.2 Å². The van der Waals surface area contributed by atoms with Crippen molar-refractivity contribution in [3.05, 3.63) is 53.6 Å². The molecular formula is C21H23NO5. The molecule has 0 saturated carbocycles. The van der Waals surface area contributed by atoms with E-state index >= 15 is 0 Å². The Labute approximate surface area is 158 Å². The summed E-state index contributed by atoms with van der Waals surface area (Å²) in [7, 11) is 0. The Kier molecular flexibility index (Phi) is 6.30. The maximum Gasteiger partial charge on any atom is 0.220 e. The summed E-state index contributed by atoms with van der Waals surface area (Å²) in [6.45, 7) is 3.75. The summed E-state index contributed by atoms with van der Waals surface area (Å²) in [5.41, 5.74) is 1.64. The predicted octanol–water partition coefficient (Wildman–Crippen LogP) is 2.92. The first-order valence-corrected chi connectivity index (χ1v) is 9.01. The number of ether oxygens (including phenoxy) is 3. The summed E-state index contributed by atoms with van der Waals surface area (Å²) in [4.78, 5) is 24.2. The number of aryl methyl sites for hydroxylation is 1. The molecule has 2 aromatic carbocycles. The van der Waals surface area contributed by atoms with Gasteiger partial charge in [0, 0.05) is 18.4 Å². The number of hydrogen-bond acceptors (Lipinski definition) is 5. The summed E-state index contributed by atoms with van der Waals surface area (Å²) in [6.07, 6.45) is 0.280. The van der Waals surface area contributed by atoms with Crippen LogP contribution in [-0.4, -0.2) is 38.1 Å². The zero-order chi connectivity index (χ0) is 19.1. The fourth-order valence-corrected chi connectivity index (χ4v) is 2.74. The minimum absolute atomic E-state index is 0.0989. The first kappa shape index (κ1) is 18.8. The van der Waals surface area contributed by atoms with Crippen LogP contribution in [0, 0.1) is 6.92 Å². The molecule has 0 aliphatic carbocycles. The molecule has 0 spiro atoms. The molecule has 6 nitrogen and oxygen atoms in total. The van der Waals surface area contributed by atoms with E-state index in [0.717, 1.165) is 11.3 Å². The second-order valence-corrected chi connectivity index (χ2v) is 6.30. The Morgan fingerprint density at radius 1 is 1.04 bits per heavy atom. The highest BCUT2D eigenvalue weighted by Gasteiger charge is 2.15. The predicted molar refractivity (Wildman–Crippen MR) is 101 cm³/mol. The third kappa shape index (κ3) is 5.48. The van der Waals surface area contributed by atoms with Crippen molar-refractivity contribution in [1.82, 2.24) is 5.32 Å². The SMILES string of the molecule is Cc1cccc(OCCNC(=O)CCC(=O)c2ccc3c(c2)OCCO3)c1. The van der Waals surface area contributed by atoms with Crippen LogP contribution in [0.4, 0.5) is 0 Å². The van der Waals surface area contributed by atoms with Gasteiger partial charge in [-0.2, -0.15) is 0 Å². The van der Waals surface area contributed by atoms with Gasteiger partial charge in [-0.05, 0) is 42.8 Å². The molecule has 3 rings (SSSR count). The molecular weight excluding hydrogens is 346 g/mol. The van der Waals surface area contributed by atoms with Gasteiger partial charge in [-0.3, -0.25) is 9.59 Å². The molecule has 1 N–H and O–H groups in total. The Morgan fingerprint density at radius 3 is 2.67 bits per heavy atom. The number of carbonyl (C=O) groups is 2. The molecule has 1 aliphatic rings. The molecule has 1 amide bonds. The molecule has 27 heavy (non-hydrogen) atoms. The molecule has 0 fully saturated rings. The fraction of sp³-hybridized carbons (Fsp3) is 0.333. The van der Waals surface area contributed by atoms with Gasteiger partial charge in [0.25, 0.3) is 0 Å². The largest absolute Gasteiger partial charge is 0.492 e. The van der Waals surface area contributed by atoms with Gasteiger partial charge in [0.2, 0.25) is 5.91 Å². The molecule has 1 heterocycles. The van der Waals surface area contributed by atoms with Crippen molar-refractivity contribution in [2.24, 2.45) is 0 Å².